The fourth-order valence-electron chi connectivity index (χ4n) is 11.1. The van der Waals surface area contributed by atoms with Crippen molar-refractivity contribution in [3.63, 3.8) is 0 Å². The van der Waals surface area contributed by atoms with Crippen molar-refractivity contribution in [2.24, 2.45) is 35.5 Å². The topological polar surface area (TPSA) is 62.6 Å². The van der Waals surface area contributed by atoms with Crippen LogP contribution in [0.4, 0.5) is 0 Å². The van der Waals surface area contributed by atoms with Crippen LogP contribution in [0.3, 0.4) is 0 Å². The molecule has 2 heterocycles. The molecule has 0 aromatic carbocycles. The monoisotopic (exact) mass is 448 g/mol. The first-order chi connectivity index (χ1) is 16.0. The molecule has 1 aromatic rings. The van der Waals surface area contributed by atoms with Crippen LogP contribution >= 0.6 is 0 Å². The summed E-state index contributed by atoms with van der Waals surface area (Å²) in [7, 11) is 0. The molecule has 1 N–H and O–H groups in total. The van der Waals surface area contributed by atoms with Gasteiger partial charge in [0.25, 0.3) is 5.91 Å². The number of nitrogens with one attached hydrogen (secondary N) is 1. The Kier molecular flexibility index (Phi) is 3.70. The second kappa shape index (κ2) is 6.26. The number of nitrogens with zero attached hydrogens (tertiary/aromatic N) is 1. The molecular formula is C28H36N2O3. The van der Waals surface area contributed by atoms with E-state index in [1.165, 1.54) is 38.5 Å². The predicted octanol–water partition coefficient (Wildman–Crippen LogP) is 4.76. The Hall–Kier alpha value is -1.78. The molecule has 5 heteroatoms. The number of hydrogen-bond acceptors (Lipinski definition) is 3. The van der Waals surface area contributed by atoms with Gasteiger partial charge >= 0.3 is 0 Å². The molecule has 0 spiro atoms. The second-order valence-corrected chi connectivity index (χ2v) is 13.5. The highest BCUT2D eigenvalue weighted by Crippen LogP contribution is 2.63. The van der Waals surface area contributed by atoms with Gasteiger partial charge < -0.3 is 14.6 Å². The Morgan fingerprint density at radius 1 is 0.848 bits per heavy atom. The minimum Gasteiger partial charge on any atom is -0.466 e. The zero-order valence-corrected chi connectivity index (χ0v) is 19.6. The van der Waals surface area contributed by atoms with Crippen LogP contribution in [-0.4, -0.2) is 27.8 Å². The van der Waals surface area contributed by atoms with Gasteiger partial charge in [-0.3, -0.25) is 9.59 Å². The number of carbonyl (C=O) groups excluding carboxylic acids is 2. The number of amides is 2. The van der Waals surface area contributed by atoms with E-state index in [1.807, 2.05) is 12.1 Å². The standard InChI is InChI=1S/C28H36N2O3/c31-24-16-28(23-2-1-3-33-23,30(24)27-13-20-7-21(14-27)9-22(8-20)15-27)25(32)29-26-10-17-4-18(11-26)6-19(5-17)12-26/h1-3,17-22H,4-16H2,(H,29,32). The highest BCUT2D eigenvalue weighted by molar-refractivity contribution is 6.02. The average Bonchev–Trinajstić information content (AvgIpc) is 3.23. The van der Waals surface area contributed by atoms with Gasteiger partial charge in [-0.05, 0) is 125 Å². The van der Waals surface area contributed by atoms with Crippen LogP contribution in [0.25, 0.3) is 0 Å². The molecular weight excluding hydrogens is 412 g/mol. The first-order valence-electron chi connectivity index (χ1n) is 13.7. The van der Waals surface area contributed by atoms with Crippen LogP contribution in [0, 0.1) is 35.5 Å². The minimum absolute atomic E-state index is 0.0507. The summed E-state index contributed by atoms with van der Waals surface area (Å²) in [6, 6.07) is 3.83. The third-order valence-corrected chi connectivity index (χ3v) is 11.2. The van der Waals surface area contributed by atoms with Crippen LogP contribution in [0.2, 0.25) is 0 Å². The van der Waals surface area contributed by atoms with Crippen molar-refractivity contribution in [2.75, 3.05) is 0 Å². The largest absolute Gasteiger partial charge is 0.466 e. The summed E-state index contributed by atoms with van der Waals surface area (Å²) in [4.78, 5) is 29.9. The first kappa shape index (κ1) is 19.5. The van der Waals surface area contributed by atoms with Gasteiger partial charge in [-0.2, -0.15) is 0 Å². The number of hydrogen-bond donors (Lipinski definition) is 1. The lowest BCUT2D eigenvalue weighted by Gasteiger charge is -2.67. The molecule has 1 saturated heterocycles. The molecule has 9 fully saturated rings. The number of rotatable bonds is 4. The van der Waals surface area contributed by atoms with Crippen molar-refractivity contribution in [1.82, 2.24) is 10.2 Å². The maximum Gasteiger partial charge on any atom is 0.254 e. The summed E-state index contributed by atoms with van der Waals surface area (Å²) in [5.74, 6) is 5.40. The maximum absolute atomic E-state index is 14.4. The highest BCUT2D eigenvalue weighted by Gasteiger charge is 2.69. The lowest BCUT2D eigenvalue weighted by Crippen LogP contribution is -2.78. The van der Waals surface area contributed by atoms with Gasteiger partial charge in [-0.25, -0.2) is 0 Å². The summed E-state index contributed by atoms with van der Waals surface area (Å²) in [5.41, 5.74) is -1.15. The molecule has 33 heavy (non-hydrogen) atoms. The van der Waals surface area contributed by atoms with Gasteiger partial charge in [-0.1, -0.05) is 0 Å². The molecule has 10 rings (SSSR count). The summed E-state index contributed by atoms with van der Waals surface area (Å²) < 4.78 is 5.97. The number of furan rings is 1. The number of β-lactam (4-membered cyclic amide) rings is 1. The van der Waals surface area contributed by atoms with Gasteiger partial charge in [0.05, 0.1) is 12.7 Å². The second-order valence-electron chi connectivity index (χ2n) is 13.5. The van der Waals surface area contributed by atoms with Crippen molar-refractivity contribution in [1.29, 1.82) is 0 Å². The van der Waals surface area contributed by atoms with Crippen LogP contribution in [0.5, 0.6) is 0 Å². The van der Waals surface area contributed by atoms with E-state index in [4.69, 9.17) is 4.42 Å². The van der Waals surface area contributed by atoms with Crippen molar-refractivity contribution < 1.29 is 14.0 Å². The third-order valence-electron chi connectivity index (χ3n) is 11.2. The first-order valence-corrected chi connectivity index (χ1v) is 13.7. The lowest BCUT2D eigenvalue weighted by atomic mass is 9.51. The molecule has 8 saturated carbocycles. The van der Waals surface area contributed by atoms with E-state index in [-0.39, 0.29) is 29.3 Å². The Morgan fingerprint density at radius 3 is 1.82 bits per heavy atom. The van der Waals surface area contributed by atoms with Gasteiger partial charge in [0.1, 0.15) is 5.76 Å². The predicted molar refractivity (Wildman–Crippen MR) is 122 cm³/mol. The molecule has 8 bridgehead atoms. The van der Waals surface area contributed by atoms with Gasteiger partial charge in [-0.15, -0.1) is 0 Å². The molecule has 0 radical (unpaired) electrons. The zero-order valence-electron chi connectivity index (χ0n) is 19.6. The van der Waals surface area contributed by atoms with Gasteiger partial charge in [0.15, 0.2) is 5.54 Å². The van der Waals surface area contributed by atoms with Crippen molar-refractivity contribution >= 4 is 11.8 Å². The number of likely N-dealkylation sites (tertiary alicyclic amines) is 1. The third kappa shape index (κ3) is 2.55. The smallest absolute Gasteiger partial charge is 0.254 e. The van der Waals surface area contributed by atoms with Crippen LogP contribution in [0.15, 0.2) is 22.8 Å². The van der Waals surface area contributed by atoms with Crippen molar-refractivity contribution in [3.8, 4) is 0 Å². The Bertz CT molecular complexity index is 942. The Morgan fingerprint density at radius 2 is 1.36 bits per heavy atom. The molecule has 1 aromatic heterocycles. The molecule has 8 aliphatic carbocycles. The summed E-state index contributed by atoms with van der Waals surface area (Å²) >= 11 is 0. The van der Waals surface area contributed by atoms with Gasteiger partial charge in [0.2, 0.25) is 5.91 Å². The lowest BCUT2D eigenvalue weighted by molar-refractivity contribution is -0.204. The fourth-order valence-corrected chi connectivity index (χ4v) is 11.1. The zero-order chi connectivity index (χ0) is 22.0. The summed E-state index contributed by atoms with van der Waals surface area (Å²) in [6.07, 6.45) is 16.6. The van der Waals surface area contributed by atoms with E-state index in [9.17, 15) is 9.59 Å². The quantitative estimate of drug-likeness (QED) is 0.676. The van der Waals surface area contributed by atoms with Crippen molar-refractivity contribution in [3.05, 3.63) is 24.2 Å². The van der Waals surface area contributed by atoms with Crippen LogP contribution in [-0.2, 0) is 15.1 Å². The van der Waals surface area contributed by atoms with Gasteiger partial charge in [0, 0.05) is 11.1 Å². The molecule has 9 aliphatic rings. The summed E-state index contributed by atoms with van der Waals surface area (Å²) in [5, 5.41) is 3.65. The molecule has 5 nitrogen and oxygen atoms in total. The minimum atomic E-state index is -0.949. The van der Waals surface area contributed by atoms with Crippen LogP contribution < -0.4 is 5.32 Å². The Balaban J connectivity index is 1.18. The van der Waals surface area contributed by atoms with E-state index >= 15 is 0 Å². The average molecular weight is 449 g/mol. The van der Waals surface area contributed by atoms with E-state index in [2.05, 4.69) is 10.2 Å². The van der Waals surface area contributed by atoms with E-state index in [0.29, 0.717) is 5.76 Å². The molecule has 176 valence electrons. The van der Waals surface area contributed by atoms with Crippen LogP contribution in [0.1, 0.15) is 89.2 Å². The van der Waals surface area contributed by atoms with E-state index < -0.39 is 5.54 Å². The summed E-state index contributed by atoms with van der Waals surface area (Å²) in [6.45, 7) is 0. The fraction of sp³-hybridized carbons (Fsp3) is 0.786. The molecule has 1 unspecified atom stereocenters. The maximum atomic E-state index is 14.4. The molecule has 1 aliphatic heterocycles. The van der Waals surface area contributed by atoms with E-state index in [1.54, 1.807) is 6.26 Å². The molecule has 2 amide bonds. The molecule has 1 atom stereocenters. The van der Waals surface area contributed by atoms with E-state index in [0.717, 1.165) is 74.0 Å². The Labute approximate surface area is 196 Å². The SMILES string of the molecule is O=C1CC(C(=O)NC23CC4CC(CC(C4)C2)C3)(c2ccco2)N1C12CC3CC(CC(C3)C1)C2. The number of carbonyl (C=O) groups is 2. The van der Waals surface area contributed by atoms with Crippen molar-refractivity contribution in [2.45, 2.75) is 100 Å². The normalized spacial score (nSPS) is 51.2. The highest BCUT2D eigenvalue weighted by atomic mass is 16.3.